The van der Waals surface area contributed by atoms with Crippen molar-refractivity contribution < 1.29 is 17.6 Å². The lowest BCUT2D eigenvalue weighted by molar-refractivity contribution is 0.302. The van der Waals surface area contributed by atoms with E-state index in [1.165, 1.54) is 24.8 Å². The molecule has 0 saturated heterocycles. The maximum atomic E-state index is 12.7. The van der Waals surface area contributed by atoms with Gasteiger partial charge in [-0.2, -0.15) is 0 Å². The van der Waals surface area contributed by atoms with Crippen LogP contribution in [0.3, 0.4) is 0 Å². The van der Waals surface area contributed by atoms with Crippen molar-refractivity contribution in [2.75, 3.05) is 24.4 Å². The van der Waals surface area contributed by atoms with Crippen LogP contribution in [0.2, 0.25) is 0 Å². The molecule has 29 heavy (non-hydrogen) atoms. The Morgan fingerprint density at radius 1 is 1.10 bits per heavy atom. The maximum absolute atomic E-state index is 12.7. The normalized spacial score (nSPS) is 11.4. The summed E-state index contributed by atoms with van der Waals surface area (Å²) in [6.45, 7) is 6.00. The smallest absolute Gasteiger partial charge is 0.261 e. The number of ether oxygens (including phenoxy) is 1. The van der Waals surface area contributed by atoms with Crippen LogP contribution < -0.4 is 14.8 Å². The summed E-state index contributed by atoms with van der Waals surface area (Å²) in [5.74, 6) is 0.459. The van der Waals surface area contributed by atoms with Gasteiger partial charge in [0.15, 0.2) is 6.39 Å². The van der Waals surface area contributed by atoms with E-state index in [4.69, 9.17) is 9.15 Å². The van der Waals surface area contributed by atoms with Crippen LogP contribution in [0.4, 0.5) is 5.69 Å². The summed E-state index contributed by atoms with van der Waals surface area (Å²) >= 11 is 0. The lowest BCUT2D eigenvalue weighted by atomic mass is 10.2. The van der Waals surface area contributed by atoms with Crippen molar-refractivity contribution in [2.45, 2.75) is 25.2 Å². The third-order valence-electron chi connectivity index (χ3n) is 4.15. The fourth-order valence-corrected chi connectivity index (χ4v) is 3.74. The molecule has 9 heteroatoms. The number of nitrogens with one attached hydrogen (secondary N) is 2. The minimum absolute atomic E-state index is 0.145. The zero-order valence-electron chi connectivity index (χ0n) is 16.4. The first-order valence-corrected chi connectivity index (χ1v) is 10.8. The summed E-state index contributed by atoms with van der Waals surface area (Å²) in [4.78, 5) is 8.51. The number of oxazole rings is 1. The highest BCUT2D eigenvalue weighted by molar-refractivity contribution is 7.92. The van der Waals surface area contributed by atoms with E-state index in [9.17, 15) is 8.42 Å². The minimum Gasteiger partial charge on any atom is -0.476 e. The molecule has 0 bridgehead atoms. The summed E-state index contributed by atoms with van der Waals surface area (Å²) in [7, 11) is -3.75. The Kier molecular flexibility index (Phi) is 6.84. The van der Waals surface area contributed by atoms with Gasteiger partial charge in [-0.25, -0.2) is 18.4 Å². The van der Waals surface area contributed by atoms with E-state index in [1.54, 1.807) is 31.2 Å². The van der Waals surface area contributed by atoms with E-state index >= 15 is 0 Å². The first-order chi connectivity index (χ1) is 14.0. The van der Waals surface area contributed by atoms with Gasteiger partial charge in [0.2, 0.25) is 5.88 Å². The largest absolute Gasteiger partial charge is 0.476 e. The molecule has 0 aliphatic carbocycles. The van der Waals surface area contributed by atoms with Gasteiger partial charge in [0.1, 0.15) is 18.6 Å². The van der Waals surface area contributed by atoms with Gasteiger partial charge in [-0.1, -0.05) is 19.1 Å². The molecule has 0 atom stereocenters. The first kappa shape index (κ1) is 20.8. The van der Waals surface area contributed by atoms with Crippen molar-refractivity contribution in [1.29, 1.82) is 0 Å². The van der Waals surface area contributed by atoms with Crippen molar-refractivity contribution in [3.8, 4) is 17.1 Å². The molecular weight excluding hydrogens is 392 g/mol. The molecule has 0 radical (unpaired) electrons. The van der Waals surface area contributed by atoms with E-state index in [1.807, 2.05) is 0 Å². The number of hydrogen-bond acceptors (Lipinski definition) is 7. The number of pyridine rings is 1. The van der Waals surface area contributed by atoms with E-state index in [0.29, 0.717) is 29.6 Å². The topological polar surface area (TPSA) is 106 Å². The van der Waals surface area contributed by atoms with Crippen LogP contribution in [0, 0.1) is 6.92 Å². The lowest BCUT2D eigenvalue weighted by Gasteiger charge is -2.12. The summed E-state index contributed by atoms with van der Waals surface area (Å²) in [6, 6.07) is 9.71. The molecule has 0 fully saturated rings. The lowest BCUT2D eigenvalue weighted by Crippen LogP contribution is -2.21. The molecule has 0 aliphatic heterocycles. The van der Waals surface area contributed by atoms with Crippen LogP contribution in [-0.2, 0) is 10.0 Å². The molecular formula is C20H24N4O4S. The number of hydrogen-bond donors (Lipinski definition) is 2. The van der Waals surface area contributed by atoms with Gasteiger partial charge in [-0.3, -0.25) is 4.72 Å². The molecule has 154 valence electrons. The number of aryl methyl sites for hydroxylation is 1. The zero-order chi connectivity index (χ0) is 20.7. The van der Waals surface area contributed by atoms with Crippen LogP contribution in [0.5, 0.6) is 5.88 Å². The third-order valence-corrected chi connectivity index (χ3v) is 5.53. The predicted molar refractivity (Wildman–Crippen MR) is 110 cm³/mol. The fourth-order valence-electron chi connectivity index (χ4n) is 2.62. The quantitative estimate of drug-likeness (QED) is 0.489. The molecule has 0 spiro atoms. The average molecular weight is 417 g/mol. The van der Waals surface area contributed by atoms with Crippen LogP contribution in [0.25, 0.3) is 11.3 Å². The van der Waals surface area contributed by atoms with Crippen molar-refractivity contribution in [3.05, 3.63) is 54.7 Å². The number of rotatable bonds is 10. The third kappa shape index (κ3) is 5.55. The molecule has 8 nitrogen and oxygen atoms in total. The molecule has 2 aromatic heterocycles. The summed E-state index contributed by atoms with van der Waals surface area (Å²) < 4.78 is 38.5. The Morgan fingerprint density at radius 3 is 2.55 bits per heavy atom. The van der Waals surface area contributed by atoms with Gasteiger partial charge in [-0.15, -0.1) is 0 Å². The maximum Gasteiger partial charge on any atom is 0.261 e. The fraction of sp³-hybridized carbons (Fsp3) is 0.300. The summed E-state index contributed by atoms with van der Waals surface area (Å²) in [6.07, 6.45) is 3.89. The van der Waals surface area contributed by atoms with Gasteiger partial charge in [-0.05, 0) is 38.1 Å². The van der Waals surface area contributed by atoms with Gasteiger partial charge in [0.25, 0.3) is 10.0 Å². The van der Waals surface area contributed by atoms with Gasteiger partial charge in [0.05, 0.1) is 16.3 Å². The van der Waals surface area contributed by atoms with E-state index in [2.05, 4.69) is 26.9 Å². The van der Waals surface area contributed by atoms with Gasteiger partial charge < -0.3 is 14.5 Å². The number of benzene rings is 1. The van der Waals surface area contributed by atoms with Gasteiger partial charge in [0, 0.05) is 18.2 Å². The van der Waals surface area contributed by atoms with Crippen LogP contribution in [0.1, 0.15) is 19.0 Å². The first-order valence-electron chi connectivity index (χ1n) is 9.32. The van der Waals surface area contributed by atoms with E-state index < -0.39 is 10.0 Å². The monoisotopic (exact) mass is 416 g/mol. The van der Waals surface area contributed by atoms with Crippen LogP contribution in [-0.4, -0.2) is 38.1 Å². The van der Waals surface area contributed by atoms with Crippen molar-refractivity contribution in [1.82, 2.24) is 15.3 Å². The second-order valence-electron chi connectivity index (χ2n) is 6.38. The standard InChI is InChI=1S/C20H24N4O4S/c1-3-10-21-11-12-28-20-9-8-18(15(2)23-20)24-29(25,26)17-6-4-16(5-7-17)19-13-27-14-22-19/h4-9,13-14,21,24H,3,10-12H2,1-2H3. The Hall–Kier alpha value is -2.91. The Bertz CT molecular complexity index is 1020. The predicted octanol–water partition coefficient (Wildman–Crippen LogP) is 3.22. The molecule has 0 saturated carbocycles. The second kappa shape index (κ2) is 9.53. The summed E-state index contributed by atoms with van der Waals surface area (Å²) in [5.41, 5.74) is 2.35. The van der Waals surface area contributed by atoms with Crippen molar-refractivity contribution >= 4 is 15.7 Å². The SMILES string of the molecule is CCCNCCOc1ccc(NS(=O)(=O)c2ccc(-c3cocn3)cc2)c(C)n1. The van der Waals surface area contributed by atoms with Crippen molar-refractivity contribution in [2.24, 2.45) is 0 Å². The Balaban J connectivity index is 1.65. The van der Waals surface area contributed by atoms with Crippen molar-refractivity contribution in [3.63, 3.8) is 0 Å². The van der Waals surface area contributed by atoms with E-state index in [0.717, 1.165) is 25.1 Å². The molecule has 3 aromatic rings. The number of aromatic nitrogens is 2. The van der Waals surface area contributed by atoms with Crippen LogP contribution >= 0.6 is 0 Å². The number of anilines is 1. The molecule has 2 heterocycles. The highest BCUT2D eigenvalue weighted by Crippen LogP contribution is 2.23. The zero-order valence-corrected chi connectivity index (χ0v) is 17.2. The number of sulfonamides is 1. The van der Waals surface area contributed by atoms with Gasteiger partial charge >= 0.3 is 0 Å². The Morgan fingerprint density at radius 2 is 1.90 bits per heavy atom. The molecule has 0 unspecified atom stereocenters. The molecule has 0 aliphatic rings. The molecule has 1 aromatic carbocycles. The number of nitrogens with zero attached hydrogens (tertiary/aromatic N) is 2. The highest BCUT2D eigenvalue weighted by Gasteiger charge is 2.16. The minimum atomic E-state index is -3.75. The highest BCUT2D eigenvalue weighted by atomic mass is 32.2. The average Bonchev–Trinajstić information content (AvgIpc) is 3.25. The summed E-state index contributed by atoms with van der Waals surface area (Å²) in [5, 5.41) is 3.24. The second-order valence-corrected chi connectivity index (χ2v) is 8.07. The van der Waals surface area contributed by atoms with Crippen LogP contribution in [0.15, 0.2) is 58.4 Å². The molecule has 3 rings (SSSR count). The van der Waals surface area contributed by atoms with E-state index in [-0.39, 0.29) is 4.90 Å². The molecule has 2 N–H and O–H groups in total. The molecule has 0 amide bonds. The Labute approximate surface area is 170 Å².